The molecule has 0 spiro atoms. The summed E-state index contributed by atoms with van der Waals surface area (Å²) in [5.41, 5.74) is 2.94. The highest BCUT2D eigenvalue weighted by Crippen LogP contribution is 2.30. The largest absolute Gasteiger partial charge is 0.497 e. The Morgan fingerprint density at radius 1 is 0.871 bits per heavy atom. The number of esters is 1. The van der Waals surface area contributed by atoms with E-state index in [1.807, 2.05) is 54.6 Å². The lowest BCUT2D eigenvalue weighted by Crippen LogP contribution is -2.05. The second kappa shape index (κ2) is 10.5. The van der Waals surface area contributed by atoms with Gasteiger partial charge in [0.15, 0.2) is 11.5 Å². The highest BCUT2D eigenvalue weighted by Gasteiger charge is 2.09. The molecule has 0 heterocycles. The van der Waals surface area contributed by atoms with Gasteiger partial charge in [0.05, 0.1) is 25.9 Å². The Balaban J connectivity index is 1.75. The zero-order valence-electron chi connectivity index (χ0n) is 17.2. The number of benzene rings is 3. The summed E-state index contributed by atoms with van der Waals surface area (Å²) >= 11 is 0. The SMILES string of the molecule is COc1ccc(/C=C/C(=O)Oc2ccc(/C=C(\C#N)c3ccccc3)cc2OC)cc1. The molecule has 5 heteroatoms. The molecule has 0 saturated carbocycles. The van der Waals surface area contributed by atoms with Crippen molar-refractivity contribution in [1.82, 2.24) is 0 Å². The number of nitriles is 1. The van der Waals surface area contributed by atoms with Gasteiger partial charge in [0.25, 0.3) is 0 Å². The molecule has 31 heavy (non-hydrogen) atoms. The van der Waals surface area contributed by atoms with E-state index in [0.29, 0.717) is 17.1 Å². The molecule has 0 aromatic heterocycles. The second-order valence-corrected chi connectivity index (χ2v) is 6.47. The monoisotopic (exact) mass is 411 g/mol. The van der Waals surface area contributed by atoms with Crippen molar-refractivity contribution < 1.29 is 19.0 Å². The van der Waals surface area contributed by atoms with Crippen molar-refractivity contribution in [2.24, 2.45) is 0 Å². The topological polar surface area (TPSA) is 68.5 Å². The van der Waals surface area contributed by atoms with Gasteiger partial charge in [0, 0.05) is 6.08 Å². The summed E-state index contributed by atoms with van der Waals surface area (Å²) in [5, 5.41) is 9.49. The number of carbonyl (C=O) groups excluding carboxylic acids is 1. The molecule has 5 nitrogen and oxygen atoms in total. The van der Waals surface area contributed by atoms with Gasteiger partial charge in [-0.2, -0.15) is 5.26 Å². The molecule has 3 rings (SSSR count). The summed E-state index contributed by atoms with van der Waals surface area (Å²) in [6.07, 6.45) is 4.76. The number of nitrogens with zero attached hydrogens (tertiary/aromatic N) is 1. The number of hydrogen-bond donors (Lipinski definition) is 0. The van der Waals surface area contributed by atoms with E-state index in [9.17, 15) is 10.1 Å². The predicted octanol–water partition coefficient (Wildman–Crippen LogP) is 5.39. The van der Waals surface area contributed by atoms with Crippen LogP contribution in [-0.4, -0.2) is 20.2 Å². The summed E-state index contributed by atoms with van der Waals surface area (Å²) in [6.45, 7) is 0. The van der Waals surface area contributed by atoms with Gasteiger partial charge >= 0.3 is 5.97 Å². The number of methoxy groups -OCH3 is 2. The van der Waals surface area contributed by atoms with E-state index < -0.39 is 5.97 Å². The Labute approximate surface area is 181 Å². The summed E-state index contributed by atoms with van der Waals surface area (Å²) in [7, 11) is 3.09. The van der Waals surface area contributed by atoms with Gasteiger partial charge in [-0.05, 0) is 53.1 Å². The molecule has 0 aliphatic carbocycles. The van der Waals surface area contributed by atoms with Crippen molar-refractivity contribution in [3.05, 3.63) is 95.6 Å². The molecule has 0 fully saturated rings. The van der Waals surface area contributed by atoms with Gasteiger partial charge in [0.2, 0.25) is 0 Å². The molecule has 0 aliphatic rings. The first-order valence-corrected chi connectivity index (χ1v) is 9.52. The first kappa shape index (κ1) is 21.4. The van der Waals surface area contributed by atoms with Crippen LogP contribution in [0.25, 0.3) is 17.7 Å². The van der Waals surface area contributed by atoms with Crippen LogP contribution in [0.3, 0.4) is 0 Å². The molecule has 3 aromatic rings. The normalized spacial score (nSPS) is 11.1. The van der Waals surface area contributed by atoms with Gasteiger partial charge in [-0.3, -0.25) is 0 Å². The Morgan fingerprint density at radius 3 is 2.23 bits per heavy atom. The van der Waals surface area contributed by atoms with E-state index in [-0.39, 0.29) is 0 Å². The molecular weight excluding hydrogens is 390 g/mol. The van der Waals surface area contributed by atoms with Crippen molar-refractivity contribution in [1.29, 1.82) is 5.26 Å². The van der Waals surface area contributed by atoms with Gasteiger partial charge in [-0.1, -0.05) is 48.5 Å². The van der Waals surface area contributed by atoms with Crippen LogP contribution in [0, 0.1) is 11.3 Å². The summed E-state index contributed by atoms with van der Waals surface area (Å²) in [5.74, 6) is 0.900. The van der Waals surface area contributed by atoms with Crippen LogP contribution >= 0.6 is 0 Å². The molecule has 3 aromatic carbocycles. The number of carbonyl (C=O) groups is 1. The maximum Gasteiger partial charge on any atom is 0.336 e. The fourth-order valence-electron chi connectivity index (χ4n) is 2.84. The average Bonchev–Trinajstić information content (AvgIpc) is 2.82. The number of allylic oxidation sites excluding steroid dienone is 1. The van der Waals surface area contributed by atoms with Crippen LogP contribution < -0.4 is 14.2 Å². The molecule has 0 aliphatic heterocycles. The summed E-state index contributed by atoms with van der Waals surface area (Å²) < 4.78 is 15.9. The minimum atomic E-state index is -0.528. The highest BCUT2D eigenvalue weighted by molar-refractivity contribution is 5.91. The Bertz CT molecular complexity index is 1140. The summed E-state index contributed by atoms with van der Waals surface area (Å²) in [4.78, 5) is 12.2. The molecule has 0 radical (unpaired) electrons. The summed E-state index contributed by atoms with van der Waals surface area (Å²) in [6, 6.07) is 24.0. The lowest BCUT2D eigenvalue weighted by atomic mass is 10.0. The molecule has 154 valence electrons. The third-order valence-electron chi connectivity index (χ3n) is 4.44. The number of hydrogen-bond acceptors (Lipinski definition) is 5. The first-order valence-electron chi connectivity index (χ1n) is 9.52. The van der Waals surface area contributed by atoms with E-state index >= 15 is 0 Å². The van der Waals surface area contributed by atoms with Crippen molar-refractivity contribution in [2.45, 2.75) is 0 Å². The second-order valence-electron chi connectivity index (χ2n) is 6.47. The Kier molecular flexibility index (Phi) is 7.23. The highest BCUT2D eigenvalue weighted by atomic mass is 16.6. The van der Waals surface area contributed by atoms with E-state index in [1.165, 1.54) is 13.2 Å². The molecule has 0 atom stereocenters. The number of rotatable bonds is 7. The van der Waals surface area contributed by atoms with Crippen molar-refractivity contribution in [3.8, 4) is 23.3 Å². The third kappa shape index (κ3) is 5.84. The lowest BCUT2D eigenvalue weighted by Gasteiger charge is -2.09. The van der Waals surface area contributed by atoms with Crippen molar-refractivity contribution in [2.75, 3.05) is 14.2 Å². The van der Waals surface area contributed by atoms with Crippen molar-refractivity contribution >= 4 is 23.7 Å². The standard InChI is InChI=1S/C26H21NO4/c1-29-23-12-8-19(9-13-23)11-15-26(28)31-24-14-10-20(17-25(24)30-2)16-22(18-27)21-6-4-3-5-7-21/h3-17H,1-2H3/b15-11+,22-16+. The Morgan fingerprint density at radius 2 is 1.58 bits per heavy atom. The molecule has 0 unspecified atom stereocenters. The van der Waals surface area contributed by atoms with Crippen LogP contribution in [0.15, 0.2) is 78.9 Å². The van der Waals surface area contributed by atoms with Crippen LogP contribution in [0.2, 0.25) is 0 Å². The van der Waals surface area contributed by atoms with E-state index in [0.717, 1.165) is 22.4 Å². The fourth-order valence-corrected chi connectivity index (χ4v) is 2.84. The van der Waals surface area contributed by atoms with Gasteiger partial charge < -0.3 is 14.2 Å². The molecular formula is C26H21NO4. The molecule has 0 saturated heterocycles. The van der Waals surface area contributed by atoms with Crippen LogP contribution in [0.5, 0.6) is 17.2 Å². The third-order valence-corrected chi connectivity index (χ3v) is 4.44. The Hall–Kier alpha value is -4.30. The van der Waals surface area contributed by atoms with Crippen LogP contribution in [0.1, 0.15) is 16.7 Å². The first-order chi connectivity index (χ1) is 15.1. The van der Waals surface area contributed by atoms with E-state index in [2.05, 4.69) is 6.07 Å². The maximum absolute atomic E-state index is 12.2. The van der Waals surface area contributed by atoms with Gasteiger partial charge in [0.1, 0.15) is 5.75 Å². The minimum Gasteiger partial charge on any atom is -0.497 e. The van der Waals surface area contributed by atoms with Crippen LogP contribution in [0.4, 0.5) is 0 Å². The fraction of sp³-hybridized carbons (Fsp3) is 0.0769. The van der Waals surface area contributed by atoms with Gasteiger partial charge in [-0.15, -0.1) is 0 Å². The molecule has 0 bridgehead atoms. The van der Waals surface area contributed by atoms with E-state index in [4.69, 9.17) is 14.2 Å². The zero-order chi connectivity index (χ0) is 22.1. The quantitative estimate of drug-likeness (QED) is 0.171. The maximum atomic E-state index is 12.2. The minimum absolute atomic E-state index is 0.294. The van der Waals surface area contributed by atoms with Gasteiger partial charge in [-0.25, -0.2) is 4.79 Å². The predicted molar refractivity (Wildman–Crippen MR) is 121 cm³/mol. The number of ether oxygens (including phenoxy) is 3. The molecule has 0 N–H and O–H groups in total. The molecule has 0 amide bonds. The van der Waals surface area contributed by atoms with E-state index in [1.54, 1.807) is 37.5 Å². The van der Waals surface area contributed by atoms with Crippen LogP contribution in [-0.2, 0) is 4.79 Å². The average molecular weight is 411 g/mol. The smallest absolute Gasteiger partial charge is 0.336 e. The van der Waals surface area contributed by atoms with Crippen molar-refractivity contribution in [3.63, 3.8) is 0 Å². The zero-order valence-corrected chi connectivity index (χ0v) is 17.2. The lowest BCUT2D eigenvalue weighted by molar-refractivity contribution is -0.129.